The first-order valence-electron chi connectivity index (χ1n) is 7.81. The van der Waals surface area contributed by atoms with Crippen LogP contribution in [0.1, 0.15) is 16.7 Å². The van der Waals surface area contributed by atoms with Gasteiger partial charge >= 0.3 is 0 Å². The van der Waals surface area contributed by atoms with Crippen LogP contribution in [0, 0.1) is 6.92 Å². The minimum absolute atomic E-state index is 0.289. The number of likely N-dealkylation sites (N-methyl/N-ethyl adjacent to an activating group) is 1. The summed E-state index contributed by atoms with van der Waals surface area (Å²) in [6.07, 6.45) is -0.560. The molecule has 0 saturated heterocycles. The average molecular weight is 315 g/mol. The second-order valence-electron chi connectivity index (χ2n) is 5.98. The number of benzene rings is 2. The number of hydrogen-bond acceptors (Lipinski definition) is 4. The van der Waals surface area contributed by atoms with E-state index in [4.69, 9.17) is 4.74 Å². The van der Waals surface area contributed by atoms with E-state index in [1.807, 2.05) is 61.3 Å². The molecule has 0 aliphatic heterocycles. The van der Waals surface area contributed by atoms with E-state index in [9.17, 15) is 10.2 Å². The van der Waals surface area contributed by atoms with Gasteiger partial charge in [-0.1, -0.05) is 48.0 Å². The van der Waals surface area contributed by atoms with Crippen molar-refractivity contribution in [2.75, 3.05) is 20.2 Å². The van der Waals surface area contributed by atoms with Gasteiger partial charge < -0.3 is 14.9 Å². The fourth-order valence-electron chi connectivity index (χ4n) is 2.50. The van der Waals surface area contributed by atoms with Crippen LogP contribution >= 0.6 is 0 Å². The van der Waals surface area contributed by atoms with Gasteiger partial charge in [0.05, 0.1) is 19.3 Å². The topological polar surface area (TPSA) is 52.9 Å². The smallest absolute Gasteiger partial charge is 0.120 e. The molecule has 0 aliphatic rings. The molecule has 2 rings (SSSR count). The molecule has 2 aromatic rings. The molecule has 0 amide bonds. The molecule has 0 aliphatic carbocycles. The van der Waals surface area contributed by atoms with Gasteiger partial charge in [0.2, 0.25) is 0 Å². The number of aliphatic hydroxyl groups is 1. The van der Waals surface area contributed by atoms with Crippen LogP contribution in [0.25, 0.3) is 0 Å². The molecule has 0 bridgehead atoms. The molecule has 4 nitrogen and oxygen atoms in total. The predicted octanol–water partition coefficient (Wildman–Crippen LogP) is 2.71. The molecule has 23 heavy (non-hydrogen) atoms. The Bertz CT molecular complexity index is 601. The number of aryl methyl sites for hydroxylation is 1. The summed E-state index contributed by atoms with van der Waals surface area (Å²) in [4.78, 5) is 1.98. The predicted molar refractivity (Wildman–Crippen MR) is 91.3 cm³/mol. The maximum absolute atomic E-state index is 10.1. The number of phenols is 1. The van der Waals surface area contributed by atoms with Crippen LogP contribution in [0.3, 0.4) is 0 Å². The lowest BCUT2D eigenvalue weighted by Gasteiger charge is -2.21. The Balaban J connectivity index is 1.74. The number of rotatable bonds is 8. The molecule has 2 aromatic carbocycles. The van der Waals surface area contributed by atoms with Gasteiger partial charge in [0.25, 0.3) is 0 Å². The third kappa shape index (κ3) is 6.02. The molecule has 0 fully saturated rings. The van der Waals surface area contributed by atoms with Crippen LogP contribution < -0.4 is 0 Å². The minimum Gasteiger partial charge on any atom is -0.508 e. The van der Waals surface area contributed by atoms with E-state index >= 15 is 0 Å². The van der Waals surface area contributed by atoms with E-state index in [0.717, 1.165) is 16.7 Å². The van der Waals surface area contributed by atoms with Crippen molar-refractivity contribution in [3.05, 3.63) is 65.2 Å². The minimum atomic E-state index is -0.560. The Labute approximate surface area is 138 Å². The highest BCUT2D eigenvalue weighted by molar-refractivity contribution is 5.35. The summed E-state index contributed by atoms with van der Waals surface area (Å²) in [5.74, 6) is 0.289. The fraction of sp³-hybridized carbons (Fsp3) is 0.368. The van der Waals surface area contributed by atoms with Gasteiger partial charge in [-0.3, -0.25) is 4.90 Å². The standard InChI is InChI=1S/C19H25NO3/c1-15-8-9-19(22)17(10-15)11-20(2)12-18(21)14-23-13-16-6-4-3-5-7-16/h3-10,18,21-22H,11-14H2,1-2H3. The van der Waals surface area contributed by atoms with E-state index in [-0.39, 0.29) is 5.75 Å². The SMILES string of the molecule is Cc1ccc(O)c(CN(C)CC(O)COCc2ccccc2)c1. The lowest BCUT2D eigenvalue weighted by Crippen LogP contribution is -2.31. The highest BCUT2D eigenvalue weighted by Gasteiger charge is 2.11. The maximum atomic E-state index is 10.1. The molecule has 2 N–H and O–H groups in total. The van der Waals surface area contributed by atoms with Gasteiger partial charge in [-0.15, -0.1) is 0 Å². The lowest BCUT2D eigenvalue weighted by atomic mass is 10.1. The van der Waals surface area contributed by atoms with E-state index in [1.165, 1.54) is 0 Å². The van der Waals surface area contributed by atoms with Crippen molar-refractivity contribution in [3.8, 4) is 5.75 Å². The number of nitrogens with zero attached hydrogens (tertiary/aromatic N) is 1. The number of ether oxygens (including phenoxy) is 1. The summed E-state index contributed by atoms with van der Waals surface area (Å²) < 4.78 is 5.55. The Morgan fingerprint density at radius 2 is 1.87 bits per heavy atom. The molecule has 0 saturated carbocycles. The van der Waals surface area contributed by atoms with Crippen molar-refractivity contribution >= 4 is 0 Å². The van der Waals surface area contributed by atoms with Crippen LogP contribution in [0.15, 0.2) is 48.5 Å². The summed E-state index contributed by atoms with van der Waals surface area (Å²) in [6.45, 7) is 3.86. The van der Waals surface area contributed by atoms with Crippen molar-refractivity contribution in [3.63, 3.8) is 0 Å². The molecule has 0 aromatic heterocycles. The van der Waals surface area contributed by atoms with Crippen molar-refractivity contribution in [2.24, 2.45) is 0 Å². The summed E-state index contributed by atoms with van der Waals surface area (Å²) >= 11 is 0. The zero-order valence-corrected chi connectivity index (χ0v) is 13.8. The van der Waals surface area contributed by atoms with Gasteiger partial charge in [0, 0.05) is 18.7 Å². The number of hydrogen-bond donors (Lipinski definition) is 2. The first kappa shape index (κ1) is 17.5. The van der Waals surface area contributed by atoms with Gasteiger partial charge in [-0.2, -0.15) is 0 Å². The number of aromatic hydroxyl groups is 1. The quantitative estimate of drug-likeness (QED) is 0.786. The van der Waals surface area contributed by atoms with E-state index in [1.54, 1.807) is 6.07 Å². The molecule has 1 atom stereocenters. The van der Waals surface area contributed by atoms with Crippen LogP contribution in [-0.4, -0.2) is 41.4 Å². The molecular weight excluding hydrogens is 290 g/mol. The average Bonchev–Trinajstić information content (AvgIpc) is 2.52. The maximum Gasteiger partial charge on any atom is 0.120 e. The van der Waals surface area contributed by atoms with Gasteiger partial charge in [0.1, 0.15) is 5.75 Å². The first-order valence-corrected chi connectivity index (χ1v) is 7.81. The van der Waals surface area contributed by atoms with Crippen molar-refractivity contribution in [1.82, 2.24) is 4.90 Å². The van der Waals surface area contributed by atoms with Crippen molar-refractivity contribution < 1.29 is 14.9 Å². The van der Waals surface area contributed by atoms with Crippen LogP contribution in [-0.2, 0) is 17.9 Å². The normalized spacial score (nSPS) is 12.5. The lowest BCUT2D eigenvalue weighted by molar-refractivity contribution is 0.0126. The Morgan fingerprint density at radius 1 is 1.13 bits per heavy atom. The van der Waals surface area contributed by atoms with Crippen molar-refractivity contribution in [2.45, 2.75) is 26.2 Å². The molecule has 4 heteroatoms. The van der Waals surface area contributed by atoms with Crippen LogP contribution in [0.2, 0.25) is 0 Å². The molecule has 0 spiro atoms. The molecule has 0 radical (unpaired) electrons. The van der Waals surface area contributed by atoms with Gasteiger partial charge in [-0.05, 0) is 25.6 Å². The highest BCUT2D eigenvalue weighted by Crippen LogP contribution is 2.19. The van der Waals surface area contributed by atoms with E-state index in [2.05, 4.69) is 0 Å². The summed E-state index contributed by atoms with van der Waals surface area (Å²) in [5, 5.41) is 19.9. The Morgan fingerprint density at radius 3 is 2.61 bits per heavy atom. The fourth-order valence-corrected chi connectivity index (χ4v) is 2.50. The number of aliphatic hydroxyl groups excluding tert-OH is 1. The summed E-state index contributed by atoms with van der Waals surface area (Å²) in [6, 6.07) is 15.5. The largest absolute Gasteiger partial charge is 0.508 e. The van der Waals surface area contributed by atoms with E-state index in [0.29, 0.717) is 26.3 Å². The molecule has 1 unspecified atom stereocenters. The number of phenolic OH excluding ortho intramolecular Hbond substituents is 1. The zero-order valence-electron chi connectivity index (χ0n) is 13.8. The third-order valence-corrected chi connectivity index (χ3v) is 3.62. The summed E-state index contributed by atoms with van der Waals surface area (Å²) in [5.41, 5.74) is 3.07. The third-order valence-electron chi connectivity index (χ3n) is 3.62. The zero-order chi connectivity index (χ0) is 16.7. The molecule has 0 heterocycles. The monoisotopic (exact) mass is 315 g/mol. The van der Waals surface area contributed by atoms with Gasteiger partial charge in [-0.25, -0.2) is 0 Å². The Kier molecular flexibility index (Phi) is 6.59. The summed E-state index contributed by atoms with van der Waals surface area (Å²) in [7, 11) is 1.92. The van der Waals surface area contributed by atoms with E-state index < -0.39 is 6.10 Å². The molecular formula is C19H25NO3. The first-order chi connectivity index (χ1) is 11.0. The second kappa shape index (κ2) is 8.67. The van der Waals surface area contributed by atoms with Crippen molar-refractivity contribution in [1.29, 1.82) is 0 Å². The molecule has 124 valence electrons. The van der Waals surface area contributed by atoms with Gasteiger partial charge in [0.15, 0.2) is 0 Å². The van der Waals surface area contributed by atoms with Crippen LogP contribution in [0.5, 0.6) is 5.75 Å². The Hall–Kier alpha value is -1.88. The highest BCUT2D eigenvalue weighted by atomic mass is 16.5. The second-order valence-corrected chi connectivity index (χ2v) is 5.98. The van der Waals surface area contributed by atoms with Crippen LogP contribution in [0.4, 0.5) is 0 Å².